The van der Waals surface area contributed by atoms with E-state index >= 15 is 0 Å². The number of likely N-dealkylation sites (N-methyl/N-ethyl adjacent to an activating group) is 1. The van der Waals surface area contributed by atoms with Gasteiger partial charge in [0.1, 0.15) is 17.2 Å². The number of esters is 1. The first-order chi connectivity index (χ1) is 19.5. The predicted molar refractivity (Wildman–Crippen MR) is 160 cm³/mol. The van der Waals surface area contributed by atoms with Crippen molar-refractivity contribution in [2.45, 2.75) is 52.2 Å². The topological polar surface area (TPSA) is 99.2 Å². The molecule has 0 spiro atoms. The van der Waals surface area contributed by atoms with E-state index in [0.717, 1.165) is 32.9 Å². The SMILES string of the molecule is COc1cc2sc(CNC(=O)C3(CC(=O)OC(C)(C)C)Cc4ccccc4C3)nc2cc1OCCOCCN(C)C. The van der Waals surface area contributed by atoms with Crippen molar-refractivity contribution in [3.63, 3.8) is 0 Å². The molecule has 3 aromatic rings. The summed E-state index contributed by atoms with van der Waals surface area (Å²) in [5.41, 5.74) is 1.43. The summed E-state index contributed by atoms with van der Waals surface area (Å²) in [5, 5.41) is 3.82. The summed E-state index contributed by atoms with van der Waals surface area (Å²) in [4.78, 5) is 33.4. The molecule has 0 saturated heterocycles. The van der Waals surface area contributed by atoms with Gasteiger partial charge in [-0.25, -0.2) is 4.98 Å². The van der Waals surface area contributed by atoms with E-state index in [1.807, 2.05) is 71.3 Å². The van der Waals surface area contributed by atoms with Gasteiger partial charge in [-0.15, -0.1) is 11.3 Å². The minimum Gasteiger partial charge on any atom is -0.493 e. The zero-order valence-electron chi connectivity index (χ0n) is 24.9. The highest BCUT2D eigenvalue weighted by Crippen LogP contribution is 2.41. The Kier molecular flexibility index (Phi) is 9.88. The smallest absolute Gasteiger partial charge is 0.307 e. The molecule has 0 unspecified atom stereocenters. The maximum Gasteiger partial charge on any atom is 0.307 e. The van der Waals surface area contributed by atoms with E-state index < -0.39 is 11.0 Å². The highest BCUT2D eigenvalue weighted by molar-refractivity contribution is 7.18. The van der Waals surface area contributed by atoms with Crippen molar-refractivity contribution in [3.8, 4) is 11.5 Å². The number of amides is 1. The molecule has 0 radical (unpaired) electrons. The molecule has 41 heavy (non-hydrogen) atoms. The van der Waals surface area contributed by atoms with Crippen molar-refractivity contribution in [1.82, 2.24) is 15.2 Å². The van der Waals surface area contributed by atoms with Gasteiger partial charge in [0.15, 0.2) is 11.5 Å². The number of ether oxygens (including phenoxy) is 4. The highest BCUT2D eigenvalue weighted by Gasteiger charge is 2.46. The van der Waals surface area contributed by atoms with Crippen LogP contribution in [0.2, 0.25) is 0 Å². The number of fused-ring (bicyclic) bond motifs is 2. The van der Waals surface area contributed by atoms with Gasteiger partial charge in [0.05, 0.1) is 48.9 Å². The summed E-state index contributed by atoms with van der Waals surface area (Å²) < 4.78 is 23.6. The Morgan fingerprint density at radius 2 is 1.76 bits per heavy atom. The Labute approximate surface area is 246 Å². The average molecular weight is 584 g/mol. The molecule has 1 aliphatic rings. The monoisotopic (exact) mass is 583 g/mol. The Hall–Kier alpha value is -3.21. The Bertz CT molecular complexity index is 1340. The van der Waals surface area contributed by atoms with Gasteiger partial charge in [-0.2, -0.15) is 0 Å². The number of rotatable bonds is 13. The molecular formula is C31H41N3O6S. The molecular weight excluding hydrogens is 542 g/mol. The van der Waals surface area contributed by atoms with Crippen LogP contribution >= 0.6 is 11.3 Å². The van der Waals surface area contributed by atoms with Crippen molar-refractivity contribution in [1.29, 1.82) is 0 Å². The van der Waals surface area contributed by atoms with Gasteiger partial charge in [-0.05, 0) is 58.8 Å². The first-order valence-corrected chi connectivity index (χ1v) is 14.7. The van der Waals surface area contributed by atoms with E-state index in [-0.39, 0.29) is 24.8 Å². The fourth-order valence-corrected chi connectivity index (χ4v) is 5.87. The number of hydrogen-bond acceptors (Lipinski definition) is 9. The zero-order chi connectivity index (χ0) is 29.6. The third-order valence-electron chi connectivity index (χ3n) is 6.85. The second-order valence-electron chi connectivity index (χ2n) is 11.7. The maximum absolute atomic E-state index is 13.7. The van der Waals surface area contributed by atoms with Crippen LogP contribution in [0.3, 0.4) is 0 Å². The van der Waals surface area contributed by atoms with Crippen LogP contribution in [0.1, 0.15) is 43.3 Å². The van der Waals surface area contributed by atoms with Gasteiger partial charge in [0.2, 0.25) is 5.91 Å². The van der Waals surface area contributed by atoms with Crippen molar-refractivity contribution in [2.24, 2.45) is 5.41 Å². The van der Waals surface area contributed by atoms with Crippen molar-refractivity contribution in [3.05, 3.63) is 52.5 Å². The molecule has 9 nitrogen and oxygen atoms in total. The molecule has 1 heterocycles. The molecule has 4 rings (SSSR count). The molecule has 0 bridgehead atoms. The van der Waals surface area contributed by atoms with E-state index in [1.165, 1.54) is 11.3 Å². The molecule has 0 atom stereocenters. The molecule has 1 N–H and O–H groups in total. The molecule has 0 saturated carbocycles. The van der Waals surface area contributed by atoms with E-state index in [2.05, 4.69) is 10.2 Å². The van der Waals surface area contributed by atoms with E-state index in [4.69, 9.17) is 23.9 Å². The average Bonchev–Trinajstić information content (AvgIpc) is 3.47. The number of hydrogen-bond donors (Lipinski definition) is 1. The van der Waals surface area contributed by atoms with Crippen LogP contribution in [0.5, 0.6) is 11.5 Å². The summed E-state index contributed by atoms with van der Waals surface area (Å²) in [6.07, 6.45) is 0.997. The second kappa shape index (κ2) is 13.2. The molecule has 1 aromatic heterocycles. The first-order valence-electron chi connectivity index (χ1n) is 13.9. The Morgan fingerprint density at radius 3 is 2.39 bits per heavy atom. The van der Waals surface area contributed by atoms with Crippen LogP contribution in [-0.4, -0.2) is 74.9 Å². The number of nitrogens with one attached hydrogen (secondary N) is 1. The van der Waals surface area contributed by atoms with E-state index in [0.29, 0.717) is 44.2 Å². The lowest BCUT2D eigenvalue weighted by Gasteiger charge is -2.28. The first kappa shape index (κ1) is 30.7. The van der Waals surface area contributed by atoms with Crippen LogP contribution < -0.4 is 14.8 Å². The summed E-state index contributed by atoms with van der Waals surface area (Å²) in [5.74, 6) is 0.667. The summed E-state index contributed by atoms with van der Waals surface area (Å²) in [7, 11) is 5.61. The van der Waals surface area contributed by atoms with Crippen LogP contribution in [0.4, 0.5) is 0 Å². The van der Waals surface area contributed by atoms with Gasteiger partial charge < -0.3 is 29.2 Å². The summed E-state index contributed by atoms with van der Waals surface area (Å²) >= 11 is 1.48. The van der Waals surface area contributed by atoms with Crippen LogP contribution in [0.15, 0.2) is 36.4 Å². The second-order valence-corrected chi connectivity index (χ2v) is 12.8. The lowest BCUT2D eigenvalue weighted by Crippen LogP contribution is -2.44. The quantitative estimate of drug-likeness (QED) is 0.234. The van der Waals surface area contributed by atoms with E-state index in [9.17, 15) is 9.59 Å². The molecule has 1 amide bonds. The predicted octanol–water partition coefficient (Wildman–Crippen LogP) is 4.40. The Morgan fingerprint density at radius 1 is 1.05 bits per heavy atom. The number of nitrogens with zero attached hydrogens (tertiary/aromatic N) is 2. The molecule has 2 aromatic carbocycles. The fraction of sp³-hybridized carbons (Fsp3) is 0.516. The molecule has 0 fully saturated rings. The highest BCUT2D eigenvalue weighted by atomic mass is 32.1. The normalized spacial score (nSPS) is 14.2. The van der Waals surface area contributed by atoms with Gasteiger partial charge in [-0.3, -0.25) is 9.59 Å². The zero-order valence-corrected chi connectivity index (χ0v) is 25.7. The van der Waals surface area contributed by atoms with Crippen molar-refractivity contribution >= 4 is 33.4 Å². The van der Waals surface area contributed by atoms with E-state index in [1.54, 1.807) is 7.11 Å². The third kappa shape index (κ3) is 8.18. The van der Waals surface area contributed by atoms with Gasteiger partial charge in [0.25, 0.3) is 0 Å². The summed E-state index contributed by atoms with van der Waals surface area (Å²) in [6.45, 7) is 8.10. The Balaban J connectivity index is 1.43. The number of aromatic nitrogens is 1. The standard InChI is InChI=1S/C31H41N3O6S/c1-30(2,3)40-28(35)19-31(17-21-9-7-8-10-22(21)18-31)29(36)32-20-27-33-23-15-25(24(37-6)16-26(23)41-27)39-14-13-38-12-11-34(4)5/h7-10,15-16H,11-14,17-20H2,1-6H3,(H,32,36). The number of benzene rings is 2. The number of thiazole rings is 1. The van der Waals surface area contributed by atoms with Gasteiger partial charge >= 0.3 is 5.97 Å². The van der Waals surface area contributed by atoms with Crippen LogP contribution in [-0.2, 0) is 38.4 Å². The number of carbonyl (C=O) groups is 2. The van der Waals surface area contributed by atoms with Crippen LogP contribution in [0, 0.1) is 5.41 Å². The molecule has 1 aliphatic carbocycles. The maximum atomic E-state index is 13.7. The molecule has 222 valence electrons. The minimum atomic E-state index is -0.901. The third-order valence-corrected chi connectivity index (χ3v) is 7.87. The van der Waals surface area contributed by atoms with Crippen molar-refractivity contribution in [2.75, 3.05) is 47.6 Å². The van der Waals surface area contributed by atoms with Gasteiger partial charge in [-0.1, -0.05) is 24.3 Å². The largest absolute Gasteiger partial charge is 0.493 e. The molecule has 10 heteroatoms. The van der Waals surface area contributed by atoms with Crippen molar-refractivity contribution < 1.29 is 28.5 Å². The van der Waals surface area contributed by atoms with Crippen LogP contribution in [0.25, 0.3) is 10.2 Å². The fourth-order valence-electron chi connectivity index (χ4n) is 4.95. The molecule has 0 aliphatic heterocycles. The minimum absolute atomic E-state index is 0.0153. The van der Waals surface area contributed by atoms with Gasteiger partial charge in [0, 0.05) is 18.7 Å². The lowest BCUT2D eigenvalue weighted by atomic mass is 9.80. The number of carbonyl (C=O) groups excluding carboxylic acids is 2. The lowest BCUT2D eigenvalue weighted by molar-refractivity contribution is -0.160. The summed E-state index contributed by atoms with van der Waals surface area (Å²) in [6, 6.07) is 11.7. The number of methoxy groups -OCH3 is 1.